The molecule has 1 fully saturated rings. The number of likely N-dealkylation sites (N-methyl/N-ethyl adjacent to an activating group) is 1. The van der Waals surface area contributed by atoms with E-state index in [4.69, 9.17) is 5.73 Å². The van der Waals surface area contributed by atoms with Gasteiger partial charge in [-0.1, -0.05) is 24.6 Å². The molecular weight excluding hydrogens is 196 g/mol. The number of nitrogens with two attached hydrogens (primary N) is 1. The van der Waals surface area contributed by atoms with Crippen molar-refractivity contribution in [2.24, 2.45) is 11.7 Å². The quantitative estimate of drug-likeness (QED) is 0.845. The first-order chi connectivity index (χ1) is 7.57. The minimum atomic E-state index is 0.203. The van der Waals surface area contributed by atoms with Gasteiger partial charge in [0.2, 0.25) is 0 Å². The molecule has 1 aromatic carbocycles. The predicted octanol–water partition coefficient (Wildman–Crippen LogP) is 2.56. The molecule has 2 rings (SSSR count). The molecule has 0 aromatic heterocycles. The molecule has 0 amide bonds. The number of hydrogen-bond donors (Lipinski definition) is 1. The van der Waals surface area contributed by atoms with E-state index in [1.807, 2.05) is 0 Å². The maximum Gasteiger partial charge on any atom is 0.0526 e. The van der Waals surface area contributed by atoms with Crippen LogP contribution in [0.25, 0.3) is 0 Å². The van der Waals surface area contributed by atoms with Crippen LogP contribution < -0.4 is 10.6 Å². The van der Waals surface area contributed by atoms with Crippen LogP contribution in [0.1, 0.15) is 25.3 Å². The van der Waals surface area contributed by atoms with Crippen molar-refractivity contribution in [3.8, 4) is 0 Å². The highest BCUT2D eigenvalue weighted by atomic mass is 15.2. The van der Waals surface area contributed by atoms with Crippen molar-refractivity contribution in [1.82, 2.24) is 0 Å². The fourth-order valence-corrected chi connectivity index (χ4v) is 2.86. The summed E-state index contributed by atoms with van der Waals surface area (Å²) in [5, 5.41) is 0. The van der Waals surface area contributed by atoms with Gasteiger partial charge in [-0.2, -0.15) is 0 Å². The zero-order valence-electron chi connectivity index (χ0n) is 10.5. The van der Waals surface area contributed by atoms with Gasteiger partial charge in [-0.15, -0.1) is 0 Å². The van der Waals surface area contributed by atoms with Crippen LogP contribution in [0.5, 0.6) is 0 Å². The van der Waals surface area contributed by atoms with Gasteiger partial charge >= 0.3 is 0 Å². The van der Waals surface area contributed by atoms with Crippen molar-refractivity contribution < 1.29 is 0 Å². The first-order valence-electron chi connectivity index (χ1n) is 6.08. The Morgan fingerprint density at radius 3 is 2.31 bits per heavy atom. The minimum Gasteiger partial charge on any atom is -0.368 e. The monoisotopic (exact) mass is 218 g/mol. The standard InChI is InChI=1S/C14H22N2/c1-11-4-6-13(7-5-11)16(3)14(10-15)8-12(2)9-14/h4-7,12H,8-10,15H2,1-3H3. The lowest BCUT2D eigenvalue weighted by Gasteiger charge is -2.53. The highest BCUT2D eigenvalue weighted by Gasteiger charge is 2.44. The first-order valence-corrected chi connectivity index (χ1v) is 6.08. The molecule has 1 aromatic rings. The average molecular weight is 218 g/mol. The largest absolute Gasteiger partial charge is 0.368 e. The summed E-state index contributed by atoms with van der Waals surface area (Å²) in [5.74, 6) is 0.816. The molecule has 2 N–H and O–H groups in total. The Morgan fingerprint density at radius 1 is 1.31 bits per heavy atom. The van der Waals surface area contributed by atoms with Crippen LogP contribution in [0.2, 0.25) is 0 Å². The Balaban J connectivity index is 2.18. The van der Waals surface area contributed by atoms with Gasteiger partial charge < -0.3 is 10.6 Å². The lowest BCUT2D eigenvalue weighted by atomic mass is 9.68. The molecule has 0 aliphatic heterocycles. The number of aryl methyl sites for hydroxylation is 1. The van der Waals surface area contributed by atoms with Gasteiger partial charge in [-0.3, -0.25) is 0 Å². The SMILES string of the molecule is Cc1ccc(N(C)C2(CN)CC(C)C2)cc1. The Hall–Kier alpha value is -1.02. The van der Waals surface area contributed by atoms with E-state index < -0.39 is 0 Å². The van der Waals surface area contributed by atoms with Gasteiger partial charge in [0.15, 0.2) is 0 Å². The minimum absolute atomic E-state index is 0.203. The molecule has 0 spiro atoms. The van der Waals surface area contributed by atoms with E-state index in [0.717, 1.165) is 12.5 Å². The van der Waals surface area contributed by atoms with Crippen molar-refractivity contribution in [2.45, 2.75) is 32.2 Å². The smallest absolute Gasteiger partial charge is 0.0526 e. The Kier molecular flexibility index (Phi) is 2.94. The van der Waals surface area contributed by atoms with Gasteiger partial charge in [0.1, 0.15) is 0 Å². The summed E-state index contributed by atoms with van der Waals surface area (Å²) in [6, 6.07) is 8.71. The zero-order chi connectivity index (χ0) is 11.8. The molecule has 0 heterocycles. The van der Waals surface area contributed by atoms with E-state index in [1.54, 1.807) is 0 Å². The van der Waals surface area contributed by atoms with Gasteiger partial charge in [-0.05, 0) is 37.8 Å². The average Bonchev–Trinajstić information content (AvgIpc) is 2.24. The lowest BCUT2D eigenvalue weighted by molar-refractivity contribution is 0.163. The van der Waals surface area contributed by atoms with Crippen molar-refractivity contribution in [2.75, 3.05) is 18.5 Å². The molecule has 2 heteroatoms. The molecule has 0 atom stereocenters. The Labute approximate surface area is 98.4 Å². The van der Waals surface area contributed by atoms with Crippen molar-refractivity contribution in [3.63, 3.8) is 0 Å². The summed E-state index contributed by atoms with van der Waals surface area (Å²) in [4.78, 5) is 2.37. The second kappa shape index (κ2) is 4.10. The summed E-state index contributed by atoms with van der Waals surface area (Å²) in [7, 11) is 2.17. The van der Waals surface area contributed by atoms with E-state index in [1.165, 1.54) is 24.1 Å². The second-order valence-electron chi connectivity index (χ2n) is 5.34. The van der Waals surface area contributed by atoms with Crippen LogP contribution in [0.4, 0.5) is 5.69 Å². The molecule has 0 unspecified atom stereocenters. The van der Waals surface area contributed by atoms with E-state index in [9.17, 15) is 0 Å². The Morgan fingerprint density at radius 2 is 1.88 bits per heavy atom. The maximum absolute atomic E-state index is 5.96. The molecule has 1 aliphatic carbocycles. The van der Waals surface area contributed by atoms with Crippen LogP contribution >= 0.6 is 0 Å². The molecule has 88 valence electrons. The Bertz CT molecular complexity index is 350. The van der Waals surface area contributed by atoms with Crippen LogP contribution in [0.15, 0.2) is 24.3 Å². The van der Waals surface area contributed by atoms with Crippen LogP contribution in [0.3, 0.4) is 0 Å². The third-order valence-electron chi connectivity index (χ3n) is 3.97. The molecule has 0 radical (unpaired) electrons. The second-order valence-corrected chi connectivity index (χ2v) is 5.34. The predicted molar refractivity (Wildman–Crippen MR) is 69.8 cm³/mol. The number of hydrogen-bond acceptors (Lipinski definition) is 2. The van der Waals surface area contributed by atoms with Gasteiger partial charge in [0, 0.05) is 19.3 Å². The number of rotatable bonds is 3. The molecule has 16 heavy (non-hydrogen) atoms. The van der Waals surface area contributed by atoms with Crippen LogP contribution in [-0.4, -0.2) is 19.1 Å². The van der Waals surface area contributed by atoms with E-state index in [-0.39, 0.29) is 5.54 Å². The van der Waals surface area contributed by atoms with Gasteiger partial charge in [0.05, 0.1) is 5.54 Å². The fraction of sp³-hybridized carbons (Fsp3) is 0.571. The topological polar surface area (TPSA) is 29.3 Å². The highest BCUT2D eigenvalue weighted by Crippen LogP contribution is 2.42. The number of benzene rings is 1. The molecule has 2 nitrogen and oxygen atoms in total. The summed E-state index contributed by atoms with van der Waals surface area (Å²) in [6.07, 6.45) is 2.43. The summed E-state index contributed by atoms with van der Waals surface area (Å²) in [6.45, 7) is 5.17. The zero-order valence-corrected chi connectivity index (χ0v) is 10.5. The van der Waals surface area contributed by atoms with Crippen molar-refractivity contribution >= 4 is 5.69 Å². The number of anilines is 1. The summed E-state index contributed by atoms with van der Waals surface area (Å²) >= 11 is 0. The van der Waals surface area contributed by atoms with E-state index in [0.29, 0.717) is 0 Å². The third-order valence-corrected chi connectivity index (χ3v) is 3.97. The highest BCUT2D eigenvalue weighted by molar-refractivity contribution is 5.50. The van der Waals surface area contributed by atoms with E-state index in [2.05, 4.69) is 50.1 Å². The molecular formula is C14H22N2. The van der Waals surface area contributed by atoms with Gasteiger partial charge in [0.25, 0.3) is 0 Å². The molecule has 1 aliphatic rings. The van der Waals surface area contributed by atoms with E-state index >= 15 is 0 Å². The maximum atomic E-state index is 5.96. The lowest BCUT2D eigenvalue weighted by Crippen LogP contribution is -2.60. The summed E-state index contributed by atoms with van der Waals surface area (Å²) < 4.78 is 0. The van der Waals surface area contributed by atoms with Crippen LogP contribution in [-0.2, 0) is 0 Å². The first kappa shape index (κ1) is 11.5. The molecule has 0 bridgehead atoms. The molecule has 1 saturated carbocycles. The number of nitrogens with zero attached hydrogens (tertiary/aromatic N) is 1. The van der Waals surface area contributed by atoms with Crippen LogP contribution in [0, 0.1) is 12.8 Å². The third kappa shape index (κ3) is 1.82. The normalized spacial score (nSPS) is 28.6. The van der Waals surface area contributed by atoms with Crippen molar-refractivity contribution in [3.05, 3.63) is 29.8 Å². The fourth-order valence-electron chi connectivity index (χ4n) is 2.86. The summed E-state index contributed by atoms with van der Waals surface area (Å²) in [5.41, 5.74) is 8.75. The molecule has 0 saturated heterocycles. The van der Waals surface area contributed by atoms with Gasteiger partial charge in [-0.25, -0.2) is 0 Å². The van der Waals surface area contributed by atoms with Crippen molar-refractivity contribution in [1.29, 1.82) is 0 Å².